The van der Waals surface area contributed by atoms with Crippen LogP contribution in [-0.2, 0) is 16.1 Å². The Hall–Kier alpha value is -5.64. The topological polar surface area (TPSA) is 128 Å². The quantitative estimate of drug-likeness (QED) is 0.121. The molecule has 0 fully saturated rings. The summed E-state index contributed by atoms with van der Waals surface area (Å²) in [5, 5.41) is 6.02. The van der Waals surface area contributed by atoms with E-state index >= 15 is 0 Å². The summed E-state index contributed by atoms with van der Waals surface area (Å²) in [6.45, 7) is 6.98. The summed E-state index contributed by atoms with van der Waals surface area (Å²) in [6, 6.07) is 28.8. The number of H-pyrrole nitrogens is 2. The summed E-state index contributed by atoms with van der Waals surface area (Å²) in [6.07, 6.45) is 3.11. The maximum absolute atomic E-state index is 12.7. The molecule has 0 aliphatic heterocycles. The van der Waals surface area contributed by atoms with Gasteiger partial charge in [-0.25, -0.2) is 14.8 Å². The van der Waals surface area contributed by atoms with Crippen LogP contribution in [0.4, 0.5) is 16.2 Å². The number of hydrogen-bond acceptors (Lipinski definition) is 6. The van der Waals surface area contributed by atoms with E-state index in [-0.39, 0.29) is 12.5 Å². The fraction of sp³-hybridized carbons (Fsp3) is 0.243. The van der Waals surface area contributed by atoms with Gasteiger partial charge in [-0.2, -0.15) is 0 Å². The van der Waals surface area contributed by atoms with Gasteiger partial charge in [-0.15, -0.1) is 0 Å². The molecule has 4 N–H and O–H groups in total. The number of carbonyl (C=O) groups excluding carboxylic acids is 2. The molecule has 0 aliphatic carbocycles. The molecule has 0 atom stereocenters. The highest BCUT2D eigenvalue weighted by molar-refractivity contribution is 5.99. The molecular formula is C37H41N7O3. The molecule has 0 aliphatic rings. The van der Waals surface area contributed by atoms with Gasteiger partial charge in [-0.05, 0) is 53.4 Å². The van der Waals surface area contributed by atoms with Gasteiger partial charge < -0.3 is 30.2 Å². The Morgan fingerprint density at radius 2 is 1.60 bits per heavy atom. The van der Waals surface area contributed by atoms with Crippen LogP contribution in [0.2, 0.25) is 0 Å². The Labute approximate surface area is 274 Å². The number of alkyl carbamates (subject to hydrolysis) is 1. The number of imidazole rings is 2. The number of methoxy groups -OCH3 is 1. The minimum Gasteiger partial charge on any atom is -0.453 e. The number of fused-ring (bicyclic) bond motifs is 2. The number of para-hydroxylation sites is 1. The van der Waals surface area contributed by atoms with E-state index < -0.39 is 6.09 Å². The Morgan fingerprint density at radius 1 is 0.872 bits per heavy atom. The van der Waals surface area contributed by atoms with Crippen molar-refractivity contribution in [1.29, 1.82) is 0 Å². The number of hydrogen-bond donors (Lipinski definition) is 4. The summed E-state index contributed by atoms with van der Waals surface area (Å²) in [4.78, 5) is 41.7. The van der Waals surface area contributed by atoms with Gasteiger partial charge in [0, 0.05) is 17.8 Å². The molecule has 0 saturated heterocycles. The van der Waals surface area contributed by atoms with E-state index in [4.69, 9.17) is 4.98 Å². The van der Waals surface area contributed by atoms with E-state index in [2.05, 4.69) is 92.7 Å². The first-order chi connectivity index (χ1) is 22.9. The standard InChI is InChI=1S/C34H33N7O3.C3H8/c1-3-17-41(31(42)19-35-34(43)44-2)20-30-39-27-15-13-24(18-29(27)40-30)22-9-11-23(12-10-22)26-14-16-28-33(37-21-36-28)32(26)38-25-7-5-4-6-8-25;1-3-2/h4-16,18,21,38H,3,17,19-20H2,1-2H3,(H,35,43)(H,36,37)(H,39,40);3H2,1-2H3. The van der Waals surface area contributed by atoms with Gasteiger partial charge in [0.1, 0.15) is 17.9 Å². The predicted octanol–water partition coefficient (Wildman–Crippen LogP) is 8.03. The Kier molecular flexibility index (Phi) is 10.9. The minimum atomic E-state index is -0.637. The summed E-state index contributed by atoms with van der Waals surface area (Å²) in [5.41, 5.74) is 9.75. The third kappa shape index (κ3) is 7.96. The van der Waals surface area contributed by atoms with E-state index in [1.807, 2.05) is 43.3 Å². The number of aromatic amines is 2. The van der Waals surface area contributed by atoms with Gasteiger partial charge in [0.2, 0.25) is 5.91 Å². The highest BCUT2D eigenvalue weighted by Crippen LogP contribution is 2.36. The van der Waals surface area contributed by atoms with E-state index in [9.17, 15) is 9.59 Å². The largest absolute Gasteiger partial charge is 0.453 e. The van der Waals surface area contributed by atoms with Crippen molar-refractivity contribution in [2.45, 2.75) is 40.2 Å². The van der Waals surface area contributed by atoms with Gasteiger partial charge in [0.05, 0.1) is 42.2 Å². The van der Waals surface area contributed by atoms with Crippen molar-refractivity contribution >= 4 is 45.4 Å². The molecule has 2 amide bonds. The molecule has 0 saturated carbocycles. The number of anilines is 2. The van der Waals surface area contributed by atoms with Crippen molar-refractivity contribution < 1.29 is 14.3 Å². The van der Waals surface area contributed by atoms with Crippen LogP contribution in [0.1, 0.15) is 39.4 Å². The van der Waals surface area contributed by atoms with Crippen LogP contribution < -0.4 is 10.6 Å². The molecule has 2 heterocycles. The minimum absolute atomic E-state index is 0.133. The highest BCUT2D eigenvalue weighted by Gasteiger charge is 2.17. The third-order valence-electron chi connectivity index (χ3n) is 7.45. The number of nitrogens with zero attached hydrogens (tertiary/aromatic N) is 3. The smallest absolute Gasteiger partial charge is 0.407 e. The molecule has 6 aromatic rings. The van der Waals surface area contributed by atoms with Crippen LogP contribution in [0.25, 0.3) is 44.3 Å². The van der Waals surface area contributed by atoms with Crippen molar-refractivity contribution in [3.05, 3.63) is 97.1 Å². The SMILES string of the molecule is CCC.CCCN(Cc1nc2ccc(-c3ccc(-c4ccc5[nH]cnc5c4Nc4ccccc4)cc3)cc2[nH]1)C(=O)CNC(=O)OC. The average Bonchev–Trinajstić information content (AvgIpc) is 3.75. The molecule has 47 heavy (non-hydrogen) atoms. The average molecular weight is 632 g/mol. The number of aromatic nitrogens is 4. The number of carbonyl (C=O) groups is 2. The molecule has 0 spiro atoms. The third-order valence-corrected chi connectivity index (χ3v) is 7.45. The van der Waals surface area contributed by atoms with Crippen LogP contribution in [0, 0.1) is 0 Å². The summed E-state index contributed by atoms with van der Waals surface area (Å²) >= 11 is 0. The molecule has 0 unspecified atom stereocenters. The number of benzene rings is 4. The number of ether oxygens (including phenoxy) is 1. The number of rotatable bonds is 10. The molecule has 4 aromatic carbocycles. The van der Waals surface area contributed by atoms with Gasteiger partial charge in [-0.1, -0.05) is 81.8 Å². The molecule has 0 bridgehead atoms. The first-order valence-electron chi connectivity index (χ1n) is 15.9. The van der Waals surface area contributed by atoms with Crippen molar-refractivity contribution in [1.82, 2.24) is 30.2 Å². The monoisotopic (exact) mass is 631 g/mol. The maximum Gasteiger partial charge on any atom is 0.407 e. The molecule has 10 nitrogen and oxygen atoms in total. The zero-order valence-corrected chi connectivity index (χ0v) is 27.3. The first kappa shape index (κ1) is 32.7. The van der Waals surface area contributed by atoms with Crippen LogP contribution in [-0.4, -0.2) is 57.0 Å². The predicted molar refractivity (Wildman–Crippen MR) is 188 cm³/mol. The molecule has 2 aromatic heterocycles. The summed E-state index contributed by atoms with van der Waals surface area (Å²) < 4.78 is 4.57. The Morgan fingerprint density at radius 3 is 2.32 bits per heavy atom. The summed E-state index contributed by atoms with van der Waals surface area (Å²) in [5.74, 6) is 0.478. The van der Waals surface area contributed by atoms with E-state index in [1.165, 1.54) is 13.5 Å². The van der Waals surface area contributed by atoms with Gasteiger partial charge in [-0.3, -0.25) is 4.79 Å². The lowest BCUT2D eigenvalue weighted by atomic mass is 9.98. The second-order valence-electron chi connectivity index (χ2n) is 11.1. The fourth-order valence-corrected chi connectivity index (χ4v) is 5.27. The van der Waals surface area contributed by atoms with E-state index in [0.717, 1.165) is 62.1 Å². The summed E-state index contributed by atoms with van der Waals surface area (Å²) in [7, 11) is 1.27. The second kappa shape index (κ2) is 15.6. The lowest BCUT2D eigenvalue weighted by Crippen LogP contribution is -2.40. The van der Waals surface area contributed by atoms with Gasteiger partial charge in [0.25, 0.3) is 0 Å². The van der Waals surface area contributed by atoms with Crippen LogP contribution in [0.5, 0.6) is 0 Å². The molecule has 242 valence electrons. The van der Waals surface area contributed by atoms with Crippen LogP contribution in [0.3, 0.4) is 0 Å². The highest BCUT2D eigenvalue weighted by atomic mass is 16.5. The normalized spacial score (nSPS) is 10.7. The first-order valence-corrected chi connectivity index (χ1v) is 15.9. The molecule has 0 radical (unpaired) electrons. The van der Waals surface area contributed by atoms with Crippen LogP contribution in [0.15, 0.2) is 91.3 Å². The fourth-order valence-electron chi connectivity index (χ4n) is 5.27. The maximum atomic E-state index is 12.7. The van der Waals surface area contributed by atoms with Gasteiger partial charge >= 0.3 is 6.09 Å². The Bertz CT molecular complexity index is 1930. The van der Waals surface area contributed by atoms with E-state index in [0.29, 0.717) is 18.9 Å². The lowest BCUT2D eigenvalue weighted by molar-refractivity contribution is -0.130. The van der Waals surface area contributed by atoms with Crippen molar-refractivity contribution in [2.24, 2.45) is 0 Å². The Balaban J connectivity index is 0.00000139. The lowest BCUT2D eigenvalue weighted by Gasteiger charge is -2.21. The van der Waals surface area contributed by atoms with Crippen molar-refractivity contribution in [2.75, 3.05) is 25.5 Å². The molecular weight excluding hydrogens is 590 g/mol. The van der Waals surface area contributed by atoms with Crippen molar-refractivity contribution in [3.8, 4) is 22.3 Å². The van der Waals surface area contributed by atoms with E-state index in [1.54, 1.807) is 11.2 Å². The van der Waals surface area contributed by atoms with Gasteiger partial charge in [0.15, 0.2) is 0 Å². The number of amides is 2. The van der Waals surface area contributed by atoms with Crippen LogP contribution >= 0.6 is 0 Å². The number of nitrogens with one attached hydrogen (secondary N) is 4. The van der Waals surface area contributed by atoms with Crippen molar-refractivity contribution in [3.63, 3.8) is 0 Å². The molecule has 6 rings (SSSR count). The zero-order chi connectivity index (χ0) is 33.2. The molecule has 10 heteroatoms. The zero-order valence-electron chi connectivity index (χ0n) is 27.3. The second-order valence-corrected chi connectivity index (χ2v) is 11.1.